The first-order valence-electron chi connectivity index (χ1n) is 5.77. The van der Waals surface area contributed by atoms with Crippen molar-refractivity contribution in [2.24, 2.45) is 0 Å². The van der Waals surface area contributed by atoms with Crippen molar-refractivity contribution >= 4 is 0 Å². The van der Waals surface area contributed by atoms with E-state index < -0.39 is 17.7 Å². The normalized spacial score (nSPS) is 14.2. The van der Waals surface area contributed by atoms with Crippen LogP contribution in [0.4, 0.5) is 8.78 Å². The van der Waals surface area contributed by atoms with Gasteiger partial charge in [-0.1, -0.05) is 43.3 Å². The van der Waals surface area contributed by atoms with Crippen LogP contribution in [-0.4, -0.2) is 5.11 Å². The molecule has 2 rings (SSSR count). The molecule has 2 aromatic rings. The third-order valence-corrected chi connectivity index (χ3v) is 3.08. The Bertz CT molecular complexity index is 525. The minimum Gasteiger partial charge on any atom is -0.388 e. The molecule has 0 heterocycles. The Labute approximate surface area is 105 Å². The van der Waals surface area contributed by atoms with Gasteiger partial charge in [-0.2, -0.15) is 0 Å². The minimum absolute atomic E-state index is 0.184. The molecule has 94 valence electrons. The van der Waals surface area contributed by atoms with Crippen molar-refractivity contribution in [3.05, 3.63) is 71.3 Å². The lowest BCUT2D eigenvalue weighted by molar-refractivity contribution is 0.151. The molecule has 0 aromatic heterocycles. The molecule has 18 heavy (non-hydrogen) atoms. The average molecular weight is 248 g/mol. The molecule has 0 bridgehead atoms. The van der Waals surface area contributed by atoms with Crippen LogP contribution in [0.3, 0.4) is 0 Å². The van der Waals surface area contributed by atoms with Crippen LogP contribution >= 0.6 is 0 Å². The van der Waals surface area contributed by atoms with Gasteiger partial charge in [0.15, 0.2) is 11.6 Å². The van der Waals surface area contributed by atoms with Crippen molar-refractivity contribution in [2.75, 3.05) is 0 Å². The Hall–Kier alpha value is -1.74. The number of aliphatic hydroxyl groups excluding tert-OH is 1. The molecular formula is C15H14F2O. The molecule has 0 radical (unpaired) electrons. The minimum atomic E-state index is -0.938. The van der Waals surface area contributed by atoms with Crippen molar-refractivity contribution in [1.29, 1.82) is 0 Å². The van der Waals surface area contributed by atoms with E-state index in [0.717, 1.165) is 17.7 Å². The molecule has 1 nitrogen and oxygen atoms in total. The monoisotopic (exact) mass is 248 g/mol. The summed E-state index contributed by atoms with van der Waals surface area (Å²) in [5.74, 6) is -2.03. The van der Waals surface area contributed by atoms with Crippen LogP contribution in [0, 0.1) is 11.6 Å². The maximum atomic E-state index is 13.1. The zero-order chi connectivity index (χ0) is 13.1. The van der Waals surface area contributed by atoms with Crippen LogP contribution in [0.15, 0.2) is 48.5 Å². The third kappa shape index (κ3) is 2.57. The summed E-state index contributed by atoms with van der Waals surface area (Å²) in [5.41, 5.74) is 1.33. The van der Waals surface area contributed by atoms with Crippen molar-refractivity contribution in [3.63, 3.8) is 0 Å². The first-order chi connectivity index (χ1) is 8.59. The van der Waals surface area contributed by atoms with Gasteiger partial charge >= 0.3 is 0 Å². The van der Waals surface area contributed by atoms with E-state index in [0.29, 0.717) is 5.56 Å². The summed E-state index contributed by atoms with van der Waals surface area (Å²) >= 11 is 0. The fourth-order valence-corrected chi connectivity index (χ4v) is 1.92. The predicted molar refractivity (Wildman–Crippen MR) is 66.2 cm³/mol. The summed E-state index contributed by atoms with van der Waals surface area (Å²) in [6.07, 6.45) is -0.859. The van der Waals surface area contributed by atoms with Crippen LogP contribution in [0.2, 0.25) is 0 Å². The summed E-state index contributed by atoms with van der Waals surface area (Å²) < 4.78 is 25.9. The highest BCUT2D eigenvalue weighted by atomic mass is 19.2. The molecule has 1 N–H and O–H groups in total. The average Bonchev–Trinajstić information content (AvgIpc) is 2.41. The lowest BCUT2D eigenvalue weighted by Crippen LogP contribution is -2.08. The van der Waals surface area contributed by atoms with E-state index >= 15 is 0 Å². The van der Waals surface area contributed by atoms with Crippen molar-refractivity contribution < 1.29 is 13.9 Å². The molecule has 2 aromatic carbocycles. The number of hydrogen-bond donors (Lipinski definition) is 1. The molecular weight excluding hydrogens is 234 g/mol. The van der Waals surface area contributed by atoms with E-state index in [4.69, 9.17) is 0 Å². The molecule has 0 amide bonds. The Morgan fingerprint density at radius 2 is 1.56 bits per heavy atom. The standard InChI is InChI=1S/C15H14F2O/c1-10(11-5-3-2-4-6-11)15(18)12-7-8-13(16)14(17)9-12/h2-10,15,18H,1H3. The Morgan fingerprint density at radius 3 is 2.17 bits per heavy atom. The lowest BCUT2D eigenvalue weighted by Gasteiger charge is -2.19. The van der Waals surface area contributed by atoms with E-state index in [2.05, 4.69) is 0 Å². The van der Waals surface area contributed by atoms with Gasteiger partial charge < -0.3 is 5.11 Å². The van der Waals surface area contributed by atoms with E-state index in [-0.39, 0.29) is 5.92 Å². The van der Waals surface area contributed by atoms with Gasteiger partial charge in [0.2, 0.25) is 0 Å². The first kappa shape index (κ1) is 12.7. The van der Waals surface area contributed by atoms with Crippen molar-refractivity contribution in [1.82, 2.24) is 0 Å². The molecule has 0 spiro atoms. The van der Waals surface area contributed by atoms with E-state index in [1.54, 1.807) is 0 Å². The molecule has 0 aliphatic carbocycles. The smallest absolute Gasteiger partial charge is 0.159 e. The quantitative estimate of drug-likeness (QED) is 0.875. The van der Waals surface area contributed by atoms with Crippen molar-refractivity contribution in [3.8, 4) is 0 Å². The fourth-order valence-electron chi connectivity index (χ4n) is 1.92. The first-order valence-corrected chi connectivity index (χ1v) is 5.77. The highest BCUT2D eigenvalue weighted by Gasteiger charge is 2.19. The number of benzene rings is 2. The van der Waals surface area contributed by atoms with Gasteiger partial charge in [0.1, 0.15) is 0 Å². The van der Waals surface area contributed by atoms with Gasteiger partial charge in [-0.15, -0.1) is 0 Å². The van der Waals surface area contributed by atoms with Gasteiger partial charge in [0.05, 0.1) is 6.10 Å². The van der Waals surface area contributed by atoms with Crippen LogP contribution in [0.5, 0.6) is 0 Å². The van der Waals surface area contributed by atoms with Crippen LogP contribution in [0.25, 0.3) is 0 Å². The lowest BCUT2D eigenvalue weighted by atomic mass is 9.91. The van der Waals surface area contributed by atoms with E-state index in [9.17, 15) is 13.9 Å². The highest BCUT2D eigenvalue weighted by Crippen LogP contribution is 2.30. The third-order valence-electron chi connectivity index (χ3n) is 3.08. The van der Waals surface area contributed by atoms with Crippen LogP contribution in [-0.2, 0) is 0 Å². The van der Waals surface area contributed by atoms with Crippen LogP contribution < -0.4 is 0 Å². The Morgan fingerprint density at radius 1 is 0.889 bits per heavy atom. The molecule has 0 fully saturated rings. The topological polar surface area (TPSA) is 20.2 Å². The van der Waals surface area contributed by atoms with E-state index in [1.165, 1.54) is 6.07 Å². The second-order valence-electron chi connectivity index (χ2n) is 4.32. The van der Waals surface area contributed by atoms with Crippen LogP contribution in [0.1, 0.15) is 30.1 Å². The van der Waals surface area contributed by atoms with Gasteiger partial charge in [-0.3, -0.25) is 0 Å². The van der Waals surface area contributed by atoms with Gasteiger partial charge in [-0.05, 0) is 23.3 Å². The van der Waals surface area contributed by atoms with Crippen molar-refractivity contribution in [2.45, 2.75) is 18.9 Å². The molecule has 2 atom stereocenters. The number of hydrogen-bond acceptors (Lipinski definition) is 1. The Kier molecular flexibility index (Phi) is 3.72. The molecule has 0 saturated carbocycles. The number of aliphatic hydroxyl groups is 1. The number of halogens is 2. The number of rotatable bonds is 3. The fraction of sp³-hybridized carbons (Fsp3) is 0.200. The largest absolute Gasteiger partial charge is 0.388 e. The summed E-state index contributed by atoms with van der Waals surface area (Å²) in [6, 6.07) is 12.9. The molecule has 0 aliphatic heterocycles. The second kappa shape index (κ2) is 5.27. The maximum absolute atomic E-state index is 13.1. The SMILES string of the molecule is CC(c1ccccc1)C(O)c1ccc(F)c(F)c1. The van der Waals surface area contributed by atoms with E-state index in [1.807, 2.05) is 37.3 Å². The molecule has 0 aliphatic rings. The zero-order valence-corrected chi connectivity index (χ0v) is 9.98. The molecule has 2 unspecified atom stereocenters. The highest BCUT2D eigenvalue weighted by molar-refractivity contribution is 5.26. The van der Waals surface area contributed by atoms with Gasteiger partial charge in [-0.25, -0.2) is 8.78 Å². The summed E-state index contributed by atoms with van der Waals surface area (Å²) in [6.45, 7) is 1.85. The Balaban J connectivity index is 2.25. The predicted octanol–water partition coefficient (Wildman–Crippen LogP) is 3.80. The summed E-state index contributed by atoms with van der Waals surface area (Å²) in [4.78, 5) is 0. The maximum Gasteiger partial charge on any atom is 0.159 e. The summed E-state index contributed by atoms with van der Waals surface area (Å²) in [7, 11) is 0. The summed E-state index contributed by atoms with van der Waals surface area (Å²) in [5, 5.41) is 10.2. The van der Waals surface area contributed by atoms with Gasteiger partial charge in [0.25, 0.3) is 0 Å². The zero-order valence-electron chi connectivity index (χ0n) is 9.98. The molecule has 3 heteroatoms. The molecule has 0 saturated heterocycles. The second-order valence-corrected chi connectivity index (χ2v) is 4.32. The van der Waals surface area contributed by atoms with Gasteiger partial charge in [0, 0.05) is 5.92 Å².